The smallest absolute Gasteiger partial charge is 0.0165 e. The summed E-state index contributed by atoms with van der Waals surface area (Å²) in [7, 11) is 4.38. The maximum absolute atomic E-state index is 2.85. The van der Waals surface area contributed by atoms with E-state index in [0.717, 1.165) is 47.3 Å². The maximum atomic E-state index is 2.85. The van der Waals surface area contributed by atoms with Gasteiger partial charge in [0, 0.05) is 24.6 Å². The summed E-state index contributed by atoms with van der Waals surface area (Å²) < 4.78 is 0. The predicted molar refractivity (Wildman–Crippen MR) is 339 cm³/mol. The molecule has 2 saturated heterocycles. The largest absolute Gasteiger partial charge is 0.302 e. The van der Waals surface area contributed by atoms with Crippen LogP contribution in [0.1, 0.15) is 349 Å². The quantitative estimate of drug-likeness (QED) is 0.0442. The molecule has 0 spiro atoms. The highest BCUT2D eigenvalue weighted by atomic mass is 33.1. The van der Waals surface area contributed by atoms with E-state index in [1.54, 1.807) is 38.5 Å². The van der Waals surface area contributed by atoms with Crippen molar-refractivity contribution < 1.29 is 0 Å². The normalized spacial score (nSPS) is 21.7. The third kappa shape index (κ3) is 34.7. The molecule has 0 aromatic carbocycles. The fourth-order valence-electron chi connectivity index (χ4n) is 14.8. The summed E-state index contributed by atoms with van der Waals surface area (Å²) in [6.07, 6.45) is 74.6. The first-order chi connectivity index (χ1) is 36.6. The number of hydrogen-bond acceptors (Lipinski definition) is 4. The Bertz CT molecular complexity index is 1090. The van der Waals surface area contributed by atoms with Crippen LogP contribution < -0.4 is 0 Å². The van der Waals surface area contributed by atoms with Gasteiger partial charge in [-0.05, 0) is 112 Å². The first-order valence-electron chi connectivity index (χ1n) is 35.3. The van der Waals surface area contributed by atoms with Crippen LogP contribution in [-0.2, 0) is 0 Å². The molecule has 0 N–H and O–H groups in total. The zero-order chi connectivity index (χ0) is 52.2. The van der Waals surface area contributed by atoms with Gasteiger partial charge in [-0.2, -0.15) is 0 Å². The highest BCUT2D eigenvalue weighted by Crippen LogP contribution is 2.47. The van der Waals surface area contributed by atoms with Gasteiger partial charge in [-0.25, -0.2) is 0 Å². The number of likely N-dealkylation sites (tertiary alicyclic amines) is 2. The molecule has 0 amide bonds. The Morgan fingerprint density at radius 3 is 0.784 bits per heavy atom. The molecule has 74 heavy (non-hydrogen) atoms. The molecule has 0 aromatic heterocycles. The highest BCUT2D eigenvalue weighted by Gasteiger charge is 2.36. The van der Waals surface area contributed by atoms with Crippen LogP contribution in [0.5, 0.6) is 0 Å². The second-order valence-corrected chi connectivity index (χ2v) is 29.4. The number of nitrogens with zero attached hydrogens (tertiary/aromatic N) is 2. The summed E-state index contributed by atoms with van der Waals surface area (Å²) in [4.78, 5) is 5.70. The van der Waals surface area contributed by atoms with E-state index in [1.165, 1.54) is 333 Å². The van der Waals surface area contributed by atoms with Crippen LogP contribution in [0.15, 0.2) is 0 Å². The van der Waals surface area contributed by atoms with Crippen molar-refractivity contribution in [2.24, 2.45) is 47.3 Å². The van der Waals surface area contributed by atoms with Crippen LogP contribution in [0.2, 0.25) is 0 Å². The van der Waals surface area contributed by atoms with Crippen LogP contribution in [0.3, 0.4) is 0 Å². The number of piperidine rings is 2. The molecule has 438 valence electrons. The van der Waals surface area contributed by atoms with Gasteiger partial charge in [0.1, 0.15) is 0 Å². The highest BCUT2D eigenvalue weighted by molar-refractivity contribution is 8.76. The van der Waals surface area contributed by atoms with E-state index >= 15 is 0 Å². The van der Waals surface area contributed by atoms with Crippen molar-refractivity contribution in [1.82, 2.24) is 9.80 Å². The van der Waals surface area contributed by atoms with Gasteiger partial charge in [-0.1, -0.05) is 332 Å². The monoisotopic (exact) mass is 1070 g/mol. The van der Waals surface area contributed by atoms with E-state index in [4.69, 9.17) is 0 Å². The van der Waals surface area contributed by atoms with E-state index < -0.39 is 0 Å². The Labute approximate surface area is 475 Å². The lowest BCUT2D eigenvalue weighted by Crippen LogP contribution is -2.37. The molecule has 0 bridgehead atoms. The summed E-state index contributed by atoms with van der Waals surface area (Å²) >= 11 is 0. The van der Waals surface area contributed by atoms with Crippen LogP contribution >= 0.6 is 21.6 Å². The summed E-state index contributed by atoms with van der Waals surface area (Å²) in [5.41, 5.74) is 0. The molecule has 4 heteroatoms. The number of rotatable bonds is 55. The molecule has 2 aliphatic heterocycles. The molecular weight excluding hydrogens is 933 g/mol. The first-order valence-corrected chi connectivity index (χ1v) is 37.8. The van der Waals surface area contributed by atoms with E-state index in [9.17, 15) is 0 Å². The Balaban J connectivity index is 1.01. The number of hydrogen-bond donors (Lipinski definition) is 0. The molecule has 6 unspecified atom stereocenters. The van der Waals surface area contributed by atoms with E-state index in [1.807, 2.05) is 0 Å². The molecular formula is C70H136N2S2. The van der Waals surface area contributed by atoms with E-state index in [2.05, 4.69) is 59.1 Å². The van der Waals surface area contributed by atoms with Crippen molar-refractivity contribution in [3.05, 3.63) is 0 Å². The van der Waals surface area contributed by atoms with Crippen LogP contribution in [0.25, 0.3) is 0 Å². The Kier molecular flexibility index (Phi) is 42.9. The average Bonchev–Trinajstić information content (AvgIpc) is 4.36. The summed E-state index contributed by atoms with van der Waals surface area (Å²) in [6.45, 7) is 17.5. The van der Waals surface area contributed by atoms with Crippen LogP contribution in [-0.4, -0.2) is 60.6 Å². The Hall–Kier alpha value is 0.620. The molecule has 4 aliphatic rings. The van der Waals surface area contributed by atoms with Gasteiger partial charge in [-0.3, -0.25) is 0 Å². The van der Waals surface area contributed by atoms with Gasteiger partial charge >= 0.3 is 0 Å². The van der Waals surface area contributed by atoms with Crippen molar-refractivity contribution in [3.8, 4) is 0 Å². The zero-order valence-electron chi connectivity index (χ0n) is 51.3. The van der Waals surface area contributed by atoms with Gasteiger partial charge in [0.15, 0.2) is 0 Å². The van der Waals surface area contributed by atoms with Gasteiger partial charge < -0.3 is 9.80 Å². The third-order valence-corrected chi connectivity index (χ3v) is 22.7. The molecule has 0 aromatic rings. The molecule has 6 atom stereocenters. The lowest BCUT2D eigenvalue weighted by atomic mass is 9.78. The predicted octanol–water partition coefficient (Wildman–Crippen LogP) is 23.5. The molecule has 2 nitrogen and oxygen atoms in total. The second kappa shape index (κ2) is 47.3. The maximum Gasteiger partial charge on any atom is 0.0165 e. The zero-order valence-corrected chi connectivity index (χ0v) is 53.0. The molecule has 0 radical (unpaired) electrons. The van der Waals surface area contributed by atoms with Crippen molar-refractivity contribution in [1.29, 1.82) is 0 Å². The van der Waals surface area contributed by atoms with Gasteiger partial charge in [0.2, 0.25) is 0 Å². The van der Waals surface area contributed by atoms with Gasteiger partial charge in [-0.15, -0.1) is 0 Å². The molecule has 4 fully saturated rings. The summed E-state index contributed by atoms with van der Waals surface area (Å²) in [6, 6.07) is 0. The minimum atomic E-state index is 1.01. The molecule has 2 aliphatic carbocycles. The van der Waals surface area contributed by atoms with Crippen molar-refractivity contribution in [2.45, 2.75) is 349 Å². The number of unbranched alkanes of at least 4 members (excludes halogenated alkanes) is 30. The van der Waals surface area contributed by atoms with Crippen molar-refractivity contribution in [3.63, 3.8) is 0 Å². The summed E-state index contributed by atoms with van der Waals surface area (Å²) in [5.74, 6) is 11.1. The minimum Gasteiger partial charge on any atom is -0.302 e. The van der Waals surface area contributed by atoms with E-state index in [0.29, 0.717) is 0 Å². The topological polar surface area (TPSA) is 6.48 Å². The van der Waals surface area contributed by atoms with Gasteiger partial charge in [0.05, 0.1) is 0 Å². The van der Waals surface area contributed by atoms with Crippen molar-refractivity contribution in [2.75, 3.05) is 50.8 Å². The fraction of sp³-hybridized carbons (Fsp3) is 1.00. The Morgan fingerprint density at radius 1 is 0.297 bits per heavy atom. The van der Waals surface area contributed by atoms with Crippen LogP contribution in [0.4, 0.5) is 0 Å². The minimum absolute atomic E-state index is 1.01. The second-order valence-electron chi connectivity index (χ2n) is 26.7. The lowest BCUT2D eigenvalue weighted by Gasteiger charge is -2.36. The standard InChI is InChI=1S/C70H136N2S2/c1-5-9-13-17-21-27-33-41-63(43-35-29-23-31-39-47-69-61-67(69)45-37-25-19-15-11-7-3)65-49-53-71(54-50-65)57-59-73-74-60-58-72-55-51-66(52-56-72)64(42-34-28-22-18-14-10-6-2)44-36-30-24-32-40-48-70-62-68(70)46-38-26-20-16-12-8-4/h63-70H,5-62H2,1-4H3. The molecule has 2 heterocycles. The summed E-state index contributed by atoms with van der Waals surface area (Å²) in [5, 5.41) is 0. The Morgan fingerprint density at radius 2 is 0.527 bits per heavy atom. The molecule has 4 rings (SSSR count). The first kappa shape index (κ1) is 67.1. The fourth-order valence-corrected chi connectivity index (χ4v) is 16.9. The van der Waals surface area contributed by atoms with Crippen LogP contribution in [0, 0.1) is 47.3 Å². The SMILES string of the molecule is CCCCCCCCCC(CCCCCCCC1CC1CCCCCCCC)C1CCN(CCSSCCN2CCC(C(CCCCCCCCC)CCCCCCCC3CC3CCCCCCCC)CC2)CC1. The lowest BCUT2D eigenvalue weighted by molar-refractivity contribution is 0.140. The third-order valence-electron chi connectivity index (χ3n) is 20.3. The van der Waals surface area contributed by atoms with Crippen molar-refractivity contribution >= 4 is 21.6 Å². The molecule has 2 saturated carbocycles. The van der Waals surface area contributed by atoms with Gasteiger partial charge in [0.25, 0.3) is 0 Å². The van der Waals surface area contributed by atoms with E-state index in [-0.39, 0.29) is 0 Å². The average molecular weight is 1070 g/mol.